The molecule has 1 unspecified atom stereocenters. The van der Waals surface area contributed by atoms with Gasteiger partial charge in [0.1, 0.15) is 0 Å². The van der Waals surface area contributed by atoms with Gasteiger partial charge in [0, 0.05) is 34.6 Å². The van der Waals surface area contributed by atoms with Crippen LogP contribution in [0.5, 0.6) is 5.75 Å². The number of nitrogens with zero attached hydrogens (tertiary/aromatic N) is 2. The molecule has 1 atom stereocenters. The van der Waals surface area contributed by atoms with E-state index in [2.05, 4.69) is 18.8 Å². The summed E-state index contributed by atoms with van der Waals surface area (Å²) in [6.07, 6.45) is 3.15. The fourth-order valence-corrected chi connectivity index (χ4v) is 4.68. The van der Waals surface area contributed by atoms with Gasteiger partial charge in [0.15, 0.2) is 22.9 Å². The van der Waals surface area contributed by atoms with Gasteiger partial charge in [-0.25, -0.2) is 0 Å². The third-order valence-electron chi connectivity index (χ3n) is 6.30. The van der Waals surface area contributed by atoms with E-state index in [-0.39, 0.29) is 11.3 Å². The number of aliphatic hydroxyl groups excluding tert-OH is 1. The molecule has 0 spiro atoms. The van der Waals surface area contributed by atoms with Crippen LogP contribution in [-0.4, -0.2) is 28.9 Å². The minimum Gasteiger partial charge on any atom is -0.503 e. The van der Waals surface area contributed by atoms with Crippen molar-refractivity contribution >= 4 is 39.9 Å². The van der Waals surface area contributed by atoms with Crippen molar-refractivity contribution in [1.29, 1.82) is 0 Å². The minimum absolute atomic E-state index is 0.0454. The number of carbonyl (C=O) groups excluding carboxylic acids is 2. The van der Waals surface area contributed by atoms with Gasteiger partial charge >= 0.3 is 0 Å². The molecule has 1 aliphatic heterocycles. The molecule has 1 aliphatic rings. The van der Waals surface area contributed by atoms with Crippen LogP contribution in [0, 0.1) is 0 Å². The highest BCUT2D eigenvalue weighted by Gasteiger charge is 2.45. The summed E-state index contributed by atoms with van der Waals surface area (Å²) >= 11 is 6.17. The average molecular weight is 503 g/mol. The van der Waals surface area contributed by atoms with Crippen LogP contribution in [0.3, 0.4) is 0 Å². The SMILES string of the molecule is COc1cc(Cl)cc2cc(C(=O)C3=C(O)C(=O)N(c4ccc(C(C)C)cc4)C3c3ccncc3)oc12. The van der Waals surface area contributed by atoms with E-state index in [1.807, 2.05) is 24.3 Å². The maximum Gasteiger partial charge on any atom is 0.294 e. The Morgan fingerprint density at radius 3 is 2.44 bits per heavy atom. The molecule has 0 radical (unpaired) electrons. The molecule has 0 bridgehead atoms. The molecular formula is C28H23ClN2O5. The summed E-state index contributed by atoms with van der Waals surface area (Å²) in [5.74, 6) is -1.27. The van der Waals surface area contributed by atoms with Crippen molar-refractivity contribution in [2.45, 2.75) is 25.8 Å². The van der Waals surface area contributed by atoms with Crippen molar-refractivity contribution in [2.24, 2.45) is 0 Å². The molecule has 4 aromatic rings. The zero-order chi connectivity index (χ0) is 25.6. The first kappa shape index (κ1) is 23.6. The molecule has 36 heavy (non-hydrogen) atoms. The van der Waals surface area contributed by atoms with Crippen LogP contribution in [0.4, 0.5) is 5.69 Å². The van der Waals surface area contributed by atoms with E-state index in [0.29, 0.717) is 38.9 Å². The number of ketones is 1. The summed E-state index contributed by atoms with van der Waals surface area (Å²) in [5.41, 5.74) is 2.54. The summed E-state index contributed by atoms with van der Waals surface area (Å²) in [5, 5.41) is 12.0. The number of Topliss-reactive ketones (excluding diaryl/α,β-unsaturated/α-hetero) is 1. The Bertz CT molecular complexity index is 1510. The van der Waals surface area contributed by atoms with Gasteiger partial charge in [-0.2, -0.15) is 0 Å². The standard InChI is InChI=1S/C28H23ClN2O5/c1-15(2)16-4-6-20(7-5-16)31-24(17-8-10-30-11-9-17)23(26(33)28(31)34)25(32)21-13-18-12-19(29)14-22(35-3)27(18)36-21/h4-15,24,33H,1-3H3. The summed E-state index contributed by atoms with van der Waals surface area (Å²) in [4.78, 5) is 32.6. The number of aromatic nitrogens is 1. The monoisotopic (exact) mass is 502 g/mol. The number of rotatable bonds is 6. The van der Waals surface area contributed by atoms with Crippen LogP contribution in [-0.2, 0) is 4.79 Å². The molecule has 0 saturated carbocycles. The first-order chi connectivity index (χ1) is 17.3. The van der Waals surface area contributed by atoms with Gasteiger partial charge in [-0.15, -0.1) is 0 Å². The second-order valence-electron chi connectivity index (χ2n) is 8.83. The number of pyridine rings is 1. The highest BCUT2D eigenvalue weighted by Crippen LogP contribution is 2.43. The lowest BCUT2D eigenvalue weighted by atomic mass is 9.95. The number of ether oxygens (including phenoxy) is 1. The molecule has 2 aromatic carbocycles. The fraction of sp³-hybridized carbons (Fsp3) is 0.179. The lowest BCUT2D eigenvalue weighted by molar-refractivity contribution is -0.117. The number of amides is 1. The van der Waals surface area contributed by atoms with E-state index in [1.165, 1.54) is 18.1 Å². The van der Waals surface area contributed by atoms with Gasteiger partial charge in [-0.05, 0) is 53.4 Å². The molecule has 1 amide bonds. The summed E-state index contributed by atoms with van der Waals surface area (Å²) in [7, 11) is 1.47. The maximum absolute atomic E-state index is 13.8. The Kier molecular flexibility index (Phi) is 6.02. The molecule has 3 heterocycles. The number of methoxy groups -OCH3 is 1. The summed E-state index contributed by atoms with van der Waals surface area (Å²) < 4.78 is 11.2. The summed E-state index contributed by atoms with van der Waals surface area (Å²) in [6, 6.07) is 14.8. The Morgan fingerprint density at radius 2 is 1.81 bits per heavy atom. The fourth-order valence-electron chi connectivity index (χ4n) is 4.47. The van der Waals surface area contributed by atoms with Gasteiger partial charge in [0.05, 0.1) is 18.7 Å². The Hall–Kier alpha value is -4.10. The molecule has 0 aliphatic carbocycles. The Balaban J connectivity index is 1.63. The molecule has 0 saturated heterocycles. The minimum atomic E-state index is -0.878. The smallest absolute Gasteiger partial charge is 0.294 e. The van der Waals surface area contributed by atoms with Crippen molar-refractivity contribution in [1.82, 2.24) is 4.98 Å². The number of carbonyl (C=O) groups is 2. The van der Waals surface area contributed by atoms with Crippen molar-refractivity contribution in [2.75, 3.05) is 12.0 Å². The van der Waals surface area contributed by atoms with Crippen molar-refractivity contribution in [3.05, 3.63) is 100 Å². The van der Waals surface area contributed by atoms with E-state index in [1.54, 1.807) is 36.7 Å². The van der Waals surface area contributed by atoms with Crippen LogP contribution in [0.1, 0.15) is 47.5 Å². The van der Waals surface area contributed by atoms with Gasteiger partial charge in [-0.3, -0.25) is 19.5 Å². The molecule has 8 heteroatoms. The zero-order valence-corrected chi connectivity index (χ0v) is 20.6. The van der Waals surface area contributed by atoms with E-state index in [0.717, 1.165) is 5.56 Å². The molecular weight excluding hydrogens is 480 g/mol. The van der Waals surface area contributed by atoms with Crippen molar-refractivity contribution in [3.8, 4) is 5.75 Å². The van der Waals surface area contributed by atoms with Gasteiger partial charge in [0.25, 0.3) is 5.91 Å². The van der Waals surface area contributed by atoms with E-state index < -0.39 is 23.5 Å². The number of anilines is 1. The predicted octanol–water partition coefficient (Wildman–Crippen LogP) is 6.40. The highest BCUT2D eigenvalue weighted by atomic mass is 35.5. The highest BCUT2D eigenvalue weighted by molar-refractivity contribution is 6.31. The topological polar surface area (TPSA) is 92.9 Å². The van der Waals surface area contributed by atoms with Gasteiger partial charge in [-0.1, -0.05) is 37.6 Å². The number of furan rings is 1. The average Bonchev–Trinajstić information content (AvgIpc) is 3.42. The van der Waals surface area contributed by atoms with E-state index in [9.17, 15) is 14.7 Å². The molecule has 7 nitrogen and oxygen atoms in total. The largest absolute Gasteiger partial charge is 0.503 e. The normalized spacial score (nSPS) is 15.9. The molecule has 1 N–H and O–H groups in total. The number of hydrogen-bond donors (Lipinski definition) is 1. The van der Waals surface area contributed by atoms with Gasteiger partial charge < -0.3 is 14.3 Å². The number of fused-ring (bicyclic) bond motifs is 1. The Morgan fingerprint density at radius 1 is 1.11 bits per heavy atom. The van der Waals surface area contributed by atoms with E-state index in [4.69, 9.17) is 20.8 Å². The van der Waals surface area contributed by atoms with Crippen LogP contribution < -0.4 is 9.64 Å². The van der Waals surface area contributed by atoms with Crippen LogP contribution >= 0.6 is 11.6 Å². The first-order valence-corrected chi connectivity index (χ1v) is 11.8. The van der Waals surface area contributed by atoms with Crippen molar-refractivity contribution in [3.63, 3.8) is 0 Å². The number of benzene rings is 2. The van der Waals surface area contributed by atoms with Crippen LogP contribution in [0.2, 0.25) is 5.02 Å². The number of halogens is 1. The third kappa shape index (κ3) is 3.91. The number of hydrogen-bond acceptors (Lipinski definition) is 6. The quantitative estimate of drug-likeness (QED) is 0.307. The zero-order valence-electron chi connectivity index (χ0n) is 19.9. The Labute approximate surface area is 212 Å². The summed E-state index contributed by atoms with van der Waals surface area (Å²) in [6.45, 7) is 4.16. The molecule has 5 rings (SSSR count). The lowest BCUT2D eigenvalue weighted by Crippen LogP contribution is -2.31. The molecule has 2 aromatic heterocycles. The molecule has 182 valence electrons. The number of aliphatic hydroxyl groups is 1. The van der Waals surface area contributed by atoms with Crippen LogP contribution in [0.25, 0.3) is 11.0 Å². The van der Waals surface area contributed by atoms with Crippen molar-refractivity contribution < 1.29 is 23.8 Å². The van der Waals surface area contributed by atoms with Crippen LogP contribution in [0.15, 0.2) is 82.7 Å². The van der Waals surface area contributed by atoms with Gasteiger partial charge in [0.2, 0.25) is 5.78 Å². The van der Waals surface area contributed by atoms with E-state index >= 15 is 0 Å². The maximum atomic E-state index is 13.8. The molecule has 0 fully saturated rings. The first-order valence-electron chi connectivity index (χ1n) is 11.4. The second-order valence-corrected chi connectivity index (χ2v) is 9.27. The second kappa shape index (κ2) is 9.17. The predicted molar refractivity (Wildman–Crippen MR) is 137 cm³/mol. The third-order valence-corrected chi connectivity index (χ3v) is 6.52. The lowest BCUT2D eigenvalue weighted by Gasteiger charge is -2.27.